The minimum atomic E-state index is -0.0686. The predicted octanol–water partition coefficient (Wildman–Crippen LogP) is 4.91. The first kappa shape index (κ1) is 16.0. The SMILES string of the molecule is CCOc1ccc(NC(=O)c2cc(C)c(C)s2)cc1CBr. The first-order valence-corrected chi connectivity index (χ1v) is 8.69. The van der Waals surface area contributed by atoms with Crippen LogP contribution in [0.5, 0.6) is 5.75 Å². The van der Waals surface area contributed by atoms with Gasteiger partial charge in [0.05, 0.1) is 11.5 Å². The van der Waals surface area contributed by atoms with Crippen molar-refractivity contribution < 1.29 is 9.53 Å². The summed E-state index contributed by atoms with van der Waals surface area (Å²) in [5.74, 6) is 0.774. The van der Waals surface area contributed by atoms with Crippen LogP contribution in [0.4, 0.5) is 5.69 Å². The van der Waals surface area contributed by atoms with E-state index in [4.69, 9.17) is 4.74 Å². The molecule has 0 fully saturated rings. The zero-order valence-corrected chi connectivity index (χ0v) is 14.7. The Kier molecular flexibility index (Phi) is 5.42. The van der Waals surface area contributed by atoms with Crippen molar-refractivity contribution >= 4 is 38.9 Å². The standard InChI is InChI=1S/C16H18BrNO2S/c1-4-20-14-6-5-13(8-12(14)9-17)18-16(19)15-7-10(2)11(3)21-15/h5-8H,4,9H2,1-3H3,(H,18,19). The lowest BCUT2D eigenvalue weighted by Gasteiger charge is -2.11. The second-order valence-corrected chi connectivity index (χ2v) is 6.51. The van der Waals surface area contributed by atoms with Gasteiger partial charge in [0.1, 0.15) is 5.75 Å². The van der Waals surface area contributed by atoms with E-state index in [0.717, 1.165) is 27.4 Å². The van der Waals surface area contributed by atoms with Crippen molar-refractivity contribution in [2.75, 3.05) is 11.9 Å². The van der Waals surface area contributed by atoms with Crippen LogP contribution >= 0.6 is 27.3 Å². The predicted molar refractivity (Wildman–Crippen MR) is 92.0 cm³/mol. The molecule has 1 heterocycles. The van der Waals surface area contributed by atoms with E-state index < -0.39 is 0 Å². The van der Waals surface area contributed by atoms with Gasteiger partial charge < -0.3 is 10.1 Å². The summed E-state index contributed by atoms with van der Waals surface area (Å²) in [4.78, 5) is 14.2. The van der Waals surface area contributed by atoms with Gasteiger partial charge in [0.2, 0.25) is 0 Å². The molecule has 1 aromatic carbocycles. The summed E-state index contributed by atoms with van der Waals surface area (Å²) in [6.45, 7) is 6.62. The molecule has 2 rings (SSSR count). The zero-order valence-electron chi connectivity index (χ0n) is 12.3. The Morgan fingerprint density at radius 3 is 2.67 bits per heavy atom. The van der Waals surface area contributed by atoms with Gasteiger partial charge in [-0.3, -0.25) is 4.79 Å². The number of amides is 1. The number of benzene rings is 1. The first-order valence-electron chi connectivity index (χ1n) is 6.75. The van der Waals surface area contributed by atoms with Gasteiger partial charge in [-0.1, -0.05) is 15.9 Å². The Bertz CT molecular complexity index is 632. The van der Waals surface area contributed by atoms with Crippen LogP contribution in [-0.2, 0) is 5.33 Å². The maximum atomic E-state index is 12.2. The number of carbonyl (C=O) groups is 1. The van der Waals surface area contributed by atoms with Crippen molar-refractivity contribution in [2.45, 2.75) is 26.1 Å². The highest BCUT2D eigenvalue weighted by Gasteiger charge is 2.12. The molecule has 0 radical (unpaired) electrons. The number of aryl methyl sites for hydroxylation is 2. The summed E-state index contributed by atoms with van der Waals surface area (Å²) in [6, 6.07) is 7.61. The van der Waals surface area contributed by atoms with Crippen LogP contribution in [-0.4, -0.2) is 12.5 Å². The van der Waals surface area contributed by atoms with Crippen molar-refractivity contribution in [3.63, 3.8) is 0 Å². The average molecular weight is 368 g/mol. The summed E-state index contributed by atoms with van der Waals surface area (Å²) in [5.41, 5.74) is 2.95. The maximum absolute atomic E-state index is 12.2. The largest absolute Gasteiger partial charge is 0.494 e. The van der Waals surface area contributed by atoms with Crippen molar-refractivity contribution in [3.05, 3.63) is 45.1 Å². The highest BCUT2D eigenvalue weighted by atomic mass is 79.9. The van der Waals surface area contributed by atoms with Crippen LogP contribution in [0, 0.1) is 13.8 Å². The molecule has 0 aliphatic rings. The van der Waals surface area contributed by atoms with E-state index in [1.54, 1.807) is 0 Å². The van der Waals surface area contributed by atoms with Crippen molar-refractivity contribution in [1.82, 2.24) is 0 Å². The van der Waals surface area contributed by atoms with Crippen molar-refractivity contribution in [1.29, 1.82) is 0 Å². The van der Waals surface area contributed by atoms with E-state index in [0.29, 0.717) is 11.9 Å². The lowest BCUT2D eigenvalue weighted by atomic mass is 10.2. The van der Waals surface area contributed by atoms with Gasteiger partial charge in [0, 0.05) is 21.5 Å². The van der Waals surface area contributed by atoms with E-state index >= 15 is 0 Å². The molecule has 2 aromatic rings. The molecule has 0 aliphatic carbocycles. The molecule has 1 aromatic heterocycles. The Morgan fingerprint density at radius 2 is 2.10 bits per heavy atom. The topological polar surface area (TPSA) is 38.3 Å². The summed E-state index contributed by atoms with van der Waals surface area (Å²) in [5, 5.41) is 3.62. The maximum Gasteiger partial charge on any atom is 0.265 e. The van der Waals surface area contributed by atoms with E-state index in [1.165, 1.54) is 16.2 Å². The molecule has 0 saturated heterocycles. The van der Waals surface area contributed by atoms with E-state index in [-0.39, 0.29) is 5.91 Å². The molecular weight excluding hydrogens is 350 g/mol. The number of hydrogen-bond donors (Lipinski definition) is 1. The van der Waals surface area contributed by atoms with Gasteiger partial charge in [0.15, 0.2) is 0 Å². The third-order valence-corrected chi connectivity index (χ3v) is 4.91. The zero-order chi connectivity index (χ0) is 15.4. The van der Waals surface area contributed by atoms with Gasteiger partial charge in [-0.05, 0) is 50.6 Å². The van der Waals surface area contributed by atoms with Crippen LogP contribution < -0.4 is 10.1 Å². The summed E-state index contributed by atoms with van der Waals surface area (Å²) < 4.78 is 5.55. The summed E-state index contributed by atoms with van der Waals surface area (Å²) in [7, 11) is 0. The van der Waals surface area contributed by atoms with Crippen LogP contribution in [0.3, 0.4) is 0 Å². The van der Waals surface area contributed by atoms with Crippen LogP contribution in [0.25, 0.3) is 0 Å². The first-order chi connectivity index (χ1) is 10.0. The third-order valence-electron chi connectivity index (χ3n) is 3.15. The average Bonchev–Trinajstić information content (AvgIpc) is 2.80. The molecule has 0 saturated carbocycles. The second-order valence-electron chi connectivity index (χ2n) is 4.69. The van der Waals surface area contributed by atoms with Gasteiger partial charge >= 0.3 is 0 Å². The fourth-order valence-electron chi connectivity index (χ4n) is 1.94. The molecule has 3 nitrogen and oxygen atoms in total. The molecule has 0 spiro atoms. The molecule has 0 bridgehead atoms. The van der Waals surface area contributed by atoms with Crippen LogP contribution in [0.1, 0.15) is 32.6 Å². The number of carbonyl (C=O) groups excluding carboxylic acids is 1. The minimum absolute atomic E-state index is 0.0686. The number of ether oxygens (including phenoxy) is 1. The number of rotatable bonds is 5. The molecule has 0 unspecified atom stereocenters. The fraction of sp³-hybridized carbons (Fsp3) is 0.312. The Balaban J connectivity index is 2.17. The van der Waals surface area contributed by atoms with Gasteiger partial charge in [-0.2, -0.15) is 0 Å². The Hall–Kier alpha value is -1.33. The highest BCUT2D eigenvalue weighted by molar-refractivity contribution is 9.08. The second kappa shape index (κ2) is 7.09. The monoisotopic (exact) mass is 367 g/mol. The van der Waals surface area contributed by atoms with E-state index in [1.807, 2.05) is 45.0 Å². The Morgan fingerprint density at radius 1 is 1.33 bits per heavy atom. The normalized spacial score (nSPS) is 10.5. The smallest absolute Gasteiger partial charge is 0.265 e. The van der Waals surface area contributed by atoms with Crippen LogP contribution in [0.2, 0.25) is 0 Å². The number of hydrogen-bond acceptors (Lipinski definition) is 3. The van der Waals surface area contributed by atoms with Gasteiger partial charge in [-0.15, -0.1) is 11.3 Å². The van der Waals surface area contributed by atoms with Crippen LogP contribution in [0.15, 0.2) is 24.3 Å². The molecular formula is C16H18BrNO2S. The number of alkyl halides is 1. The number of anilines is 1. The third kappa shape index (κ3) is 3.86. The molecule has 0 atom stereocenters. The molecule has 1 amide bonds. The molecule has 21 heavy (non-hydrogen) atoms. The van der Waals surface area contributed by atoms with E-state index in [2.05, 4.69) is 21.2 Å². The lowest BCUT2D eigenvalue weighted by molar-refractivity contribution is 0.103. The van der Waals surface area contributed by atoms with Crippen molar-refractivity contribution in [3.8, 4) is 5.75 Å². The molecule has 112 valence electrons. The number of halogens is 1. The van der Waals surface area contributed by atoms with E-state index in [9.17, 15) is 4.79 Å². The highest BCUT2D eigenvalue weighted by Crippen LogP contribution is 2.26. The van der Waals surface area contributed by atoms with Crippen molar-refractivity contribution in [2.24, 2.45) is 0 Å². The number of nitrogens with one attached hydrogen (secondary N) is 1. The quantitative estimate of drug-likeness (QED) is 0.762. The molecule has 0 aliphatic heterocycles. The molecule has 5 heteroatoms. The van der Waals surface area contributed by atoms with Gasteiger partial charge in [-0.25, -0.2) is 0 Å². The summed E-state index contributed by atoms with van der Waals surface area (Å²) in [6.07, 6.45) is 0. The Labute approximate surface area is 137 Å². The minimum Gasteiger partial charge on any atom is -0.494 e. The summed E-state index contributed by atoms with van der Waals surface area (Å²) >= 11 is 4.96. The molecule has 1 N–H and O–H groups in total. The number of thiophene rings is 1. The van der Waals surface area contributed by atoms with Gasteiger partial charge in [0.25, 0.3) is 5.91 Å². The lowest BCUT2D eigenvalue weighted by Crippen LogP contribution is -2.10. The fourth-order valence-corrected chi connectivity index (χ4v) is 3.30.